The maximum absolute atomic E-state index is 7.00. The van der Waals surface area contributed by atoms with Crippen LogP contribution >= 0.6 is 0 Å². The van der Waals surface area contributed by atoms with Crippen LogP contribution < -0.4 is 0 Å². The largest absolute Gasteiger partial charge is 0.400 e. The quantitative estimate of drug-likeness (QED) is 0.197. The van der Waals surface area contributed by atoms with Gasteiger partial charge in [-0.1, -0.05) is 146 Å². The molecule has 0 aromatic heterocycles. The molecule has 36 heavy (non-hydrogen) atoms. The highest BCUT2D eigenvalue weighted by molar-refractivity contribution is 5.82. The van der Waals surface area contributed by atoms with E-state index in [-0.39, 0.29) is 0 Å². The maximum Gasteiger partial charge on any atom is 0.0319 e. The minimum absolute atomic E-state index is 0.833. The molecular weight excluding hydrogens is 448 g/mol. The van der Waals surface area contributed by atoms with E-state index in [0.29, 0.717) is 0 Å². The van der Waals surface area contributed by atoms with Gasteiger partial charge < -0.3 is 20.4 Å². The molecule has 0 saturated carbocycles. The van der Waals surface area contributed by atoms with E-state index in [0.717, 1.165) is 34.4 Å². The van der Waals surface area contributed by atoms with Gasteiger partial charge in [0, 0.05) is 28.4 Å². The van der Waals surface area contributed by atoms with Crippen molar-refractivity contribution in [3.05, 3.63) is 97.1 Å². The van der Waals surface area contributed by atoms with Crippen molar-refractivity contribution in [1.82, 2.24) is 0 Å². The van der Waals surface area contributed by atoms with Gasteiger partial charge in [0.1, 0.15) is 0 Å². The molecule has 0 aliphatic carbocycles. The van der Waals surface area contributed by atoms with E-state index in [2.05, 4.69) is 118 Å². The Morgan fingerprint density at radius 1 is 0.333 bits per heavy atom. The van der Waals surface area contributed by atoms with Crippen LogP contribution in [0.2, 0.25) is 0 Å². The zero-order chi connectivity index (χ0) is 29.2. The Morgan fingerprint density at radius 2 is 0.417 bits per heavy atom. The van der Waals surface area contributed by atoms with Gasteiger partial charge in [-0.05, 0) is 27.5 Å². The van der Waals surface area contributed by atoms with Crippen LogP contribution in [-0.2, 0) is 0 Å². The van der Waals surface area contributed by atoms with E-state index in [1.54, 1.807) is 0 Å². The van der Waals surface area contributed by atoms with Crippen molar-refractivity contribution < 1.29 is 20.4 Å². The predicted molar refractivity (Wildman–Crippen MR) is 164 cm³/mol. The summed E-state index contributed by atoms with van der Waals surface area (Å²) in [5.74, 6) is 0.833. The van der Waals surface area contributed by atoms with E-state index >= 15 is 0 Å². The van der Waals surface area contributed by atoms with Gasteiger partial charge in [0.05, 0.1) is 0 Å². The van der Waals surface area contributed by atoms with Gasteiger partial charge in [-0.3, -0.25) is 0 Å². The number of hydrogen-bond donors (Lipinski definition) is 4. The summed E-state index contributed by atoms with van der Waals surface area (Å²) in [6, 6.07) is 33.4. The highest BCUT2D eigenvalue weighted by Gasteiger charge is 1.86. The molecule has 0 saturated heterocycles. The molecule has 4 nitrogen and oxygen atoms in total. The van der Waals surface area contributed by atoms with Gasteiger partial charge >= 0.3 is 0 Å². The molecule has 4 aromatic rings. The van der Waals surface area contributed by atoms with Gasteiger partial charge in [-0.15, -0.1) is 0 Å². The molecule has 4 N–H and O–H groups in total. The number of fused-ring (bicyclic) bond motifs is 2. The molecule has 4 heteroatoms. The standard InChI is InChI=1S/2C10H8.C4H10.2C2H6.4CH4O/c2*1-2-6-10-8-4-3-7-9(10)5-1;1-4(2)3;6*1-2/h2*1-8H;4H,1-3H3;2*1-2H3;4*2H,1H3. The molecule has 0 aliphatic heterocycles. The lowest BCUT2D eigenvalue weighted by atomic mass is 10.1. The van der Waals surface area contributed by atoms with E-state index < -0.39 is 0 Å². The van der Waals surface area contributed by atoms with Crippen molar-refractivity contribution in [2.45, 2.75) is 48.5 Å². The lowest BCUT2D eigenvalue weighted by Gasteiger charge is -1.92. The Balaban J connectivity index is -0.000000115. The molecule has 0 unspecified atom stereocenters. The van der Waals surface area contributed by atoms with E-state index in [4.69, 9.17) is 20.4 Å². The monoisotopic (exact) mass is 502 g/mol. The van der Waals surface area contributed by atoms with Crippen LogP contribution in [0.3, 0.4) is 0 Å². The number of aliphatic hydroxyl groups is 4. The summed E-state index contributed by atoms with van der Waals surface area (Å²) < 4.78 is 0. The average Bonchev–Trinajstić information content (AvgIpc) is 2.99. The van der Waals surface area contributed by atoms with E-state index in [9.17, 15) is 0 Å². The second kappa shape index (κ2) is 39.5. The van der Waals surface area contributed by atoms with Crippen LogP contribution in [0, 0.1) is 5.92 Å². The third kappa shape index (κ3) is 25.9. The molecule has 0 atom stereocenters. The minimum Gasteiger partial charge on any atom is -0.400 e. The SMILES string of the molecule is CC.CC.CC(C)C.CO.CO.CO.CO.c1ccc2ccccc2c1.c1ccc2ccccc2c1. The van der Waals surface area contributed by atoms with Gasteiger partial charge in [0.2, 0.25) is 0 Å². The lowest BCUT2D eigenvalue weighted by Crippen LogP contribution is -1.67. The Bertz CT molecular complexity index is 672. The fourth-order valence-corrected chi connectivity index (χ4v) is 2.27. The summed E-state index contributed by atoms with van der Waals surface area (Å²) in [5.41, 5.74) is 0. The Hall–Kier alpha value is -2.76. The van der Waals surface area contributed by atoms with Crippen molar-refractivity contribution >= 4 is 21.5 Å². The molecule has 0 spiro atoms. The van der Waals surface area contributed by atoms with E-state index in [1.807, 2.05) is 27.7 Å². The summed E-state index contributed by atoms with van der Waals surface area (Å²) in [6.45, 7) is 14.5. The summed E-state index contributed by atoms with van der Waals surface area (Å²) in [4.78, 5) is 0. The van der Waals surface area contributed by atoms with Crippen molar-refractivity contribution in [1.29, 1.82) is 0 Å². The fraction of sp³-hybridized carbons (Fsp3) is 0.375. The molecule has 0 fully saturated rings. The van der Waals surface area contributed by atoms with E-state index in [1.165, 1.54) is 21.5 Å². The summed E-state index contributed by atoms with van der Waals surface area (Å²) in [7, 11) is 4.00. The summed E-state index contributed by atoms with van der Waals surface area (Å²) >= 11 is 0. The van der Waals surface area contributed by atoms with Crippen LogP contribution in [-0.4, -0.2) is 48.9 Å². The second-order valence-corrected chi connectivity index (χ2v) is 6.43. The Morgan fingerprint density at radius 3 is 0.500 bits per heavy atom. The van der Waals surface area contributed by atoms with Crippen LogP contribution in [0.15, 0.2) is 97.1 Å². The molecule has 0 heterocycles. The maximum atomic E-state index is 7.00. The highest BCUT2D eigenvalue weighted by atomic mass is 16.2. The molecular formula is C32H54O4. The molecule has 0 radical (unpaired) electrons. The van der Waals surface area contributed by atoms with Crippen LogP contribution in [0.4, 0.5) is 0 Å². The zero-order valence-electron chi connectivity index (χ0n) is 24.6. The highest BCUT2D eigenvalue weighted by Crippen LogP contribution is 2.12. The molecule has 4 rings (SSSR count). The first-order chi connectivity index (χ1) is 17.7. The molecule has 0 amide bonds. The summed E-state index contributed by atoms with van der Waals surface area (Å²) in [6.07, 6.45) is 0. The number of benzene rings is 4. The smallest absolute Gasteiger partial charge is 0.0319 e. The van der Waals surface area contributed by atoms with Crippen molar-refractivity contribution in [2.75, 3.05) is 28.4 Å². The van der Waals surface area contributed by atoms with Crippen molar-refractivity contribution in [3.63, 3.8) is 0 Å². The molecule has 0 bridgehead atoms. The number of rotatable bonds is 0. The minimum atomic E-state index is 0.833. The third-order valence-corrected chi connectivity index (χ3v) is 3.32. The Labute approximate surface area is 221 Å². The van der Waals surface area contributed by atoms with Crippen LogP contribution in [0.5, 0.6) is 0 Å². The third-order valence-electron chi connectivity index (χ3n) is 3.32. The summed E-state index contributed by atoms with van der Waals surface area (Å²) in [5, 5.41) is 33.2. The molecule has 4 aromatic carbocycles. The predicted octanol–water partition coefficient (Wildman–Crippen LogP) is 7.83. The first kappa shape index (κ1) is 43.3. The fourth-order valence-electron chi connectivity index (χ4n) is 2.27. The normalized spacial score (nSPS) is 7.56. The van der Waals surface area contributed by atoms with Crippen molar-refractivity contribution in [3.8, 4) is 0 Å². The topological polar surface area (TPSA) is 80.9 Å². The van der Waals surface area contributed by atoms with Crippen LogP contribution in [0.1, 0.15) is 48.5 Å². The number of hydrogen-bond acceptors (Lipinski definition) is 4. The average molecular weight is 503 g/mol. The van der Waals surface area contributed by atoms with Gasteiger partial charge in [0.15, 0.2) is 0 Å². The first-order valence-electron chi connectivity index (χ1n) is 12.3. The van der Waals surface area contributed by atoms with Gasteiger partial charge in [-0.2, -0.15) is 0 Å². The second-order valence-electron chi connectivity index (χ2n) is 6.43. The zero-order valence-corrected chi connectivity index (χ0v) is 24.6. The van der Waals surface area contributed by atoms with Gasteiger partial charge in [0.25, 0.3) is 0 Å². The Kier molecular flexibility index (Phi) is 47.5. The van der Waals surface area contributed by atoms with Gasteiger partial charge in [-0.25, -0.2) is 0 Å². The lowest BCUT2D eigenvalue weighted by molar-refractivity contribution is 0.399. The first-order valence-corrected chi connectivity index (χ1v) is 12.3. The molecule has 206 valence electrons. The van der Waals surface area contributed by atoms with Crippen LogP contribution in [0.25, 0.3) is 21.5 Å². The van der Waals surface area contributed by atoms with Crippen molar-refractivity contribution in [2.24, 2.45) is 5.92 Å². The molecule has 0 aliphatic rings. The number of aliphatic hydroxyl groups excluding tert-OH is 4.